The van der Waals surface area contributed by atoms with Gasteiger partial charge in [0.1, 0.15) is 5.75 Å². The lowest BCUT2D eigenvalue weighted by Crippen LogP contribution is -2.49. The molecule has 46 heavy (non-hydrogen) atoms. The number of aromatic nitrogens is 1. The van der Waals surface area contributed by atoms with E-state index in [1.165, 1.54) is 0 Å². The summed E-state index contributed by atoms with van der Waals surface area (Å²) < 4.78 is 5.93. The zero-order chi connectivity index (χ0) is 32.5. The van der Waals surface area contributed by atoms with Gasteiger partial charge in [0.2, 0.25) is 5.91 Å². The first-order chi connectivity index (χ1) is 22.3. The van der Waals surface area contributed by atoms with E-state index in [-0.39, 0.29) is 30.4 Å². The van der Waals surface area contributed by atoms with Gasteiger partial charge in [-0.3, -0.25) is 19.3 Å². The van der Waals surface area contributed by atoms with Crippen LogP contribution in [0.4, 0.5) is 0 Å². The number of benzene rings is 3. The van der Waals surface area contributed by atoms with Gasteiger partial charge in [-0.2, -0.15) is 0 Å². The highest BCUT2D eigenvalue weighted by atomic mass is 16.5. The van der Waals surface area contributed by atoms with Crippen molar-refractivity contribution in [2.24, 2.45) is 0 Å². The number of aliphatic hydroxyl groups excluding tert-OH is 1. The van der Waals surface area contributed by atoms with Crippen molar-refractivity contribution in [2.75, 3.05) is 39.3 Å². The molecule has 1 aromatic heterocycles. The van der Waals surface area contributed by atoms with Crippen LogP contribution in [-0.2, 0) is 11.2 Å². The Balaban J connectivity index is 1.23. The molecule has 0 spiro atoms. The van der Waals surface area contributed by atoms with Gasteiger partial charge >= 0.3 is 0 Å². The smallest absolute Gasteiger partial charge is 0.255 e. The van der Waals surface area contributed by atoms with Crippen LogP contribution in [0.15, 0.2) is 72.9 Å². The van der Waals surface area contributed by atoms with Gasteiger partial charge in [0.05, 0.1) is 30.9 Å². The average Bonchev–Trinajstić information content (AvgIpc) is 3.46. The van der Waals surface area contributed by atoms with Crippen molar-refractivity contribution < 1.29 is 24.2 Å². The molecule has 1 fully saturated rings. The van der Waals surface area contributed by atoms with Crippen LogP contribution in [0.1, 0.15) is 51.3 Å². The summed E-state index contributed by atoms with van der Waals surface area (Å²) in [5.74, 6) is 6.08. The lowest BCUT2D eigenvalue weighted by Gasteiger charge is -2.26. The summed E-state index contributed by atoms with van der Waals surface area (Å²) >= 11 is 0. The van der Waals surface area contributed by atoms with Gasteiger partial charge < -0.3 is 30.8 Å². The van der Waals surface area contributed by atoms with E-state index >= 15 is 0 Å². The number of carbonyl (C=O) groups excluding carboxylic acids is 3. The number of nitrogens with zero attached hydrogens (tertiary/aromatic N) is 1. The highest BCUT2D eigenvalue weighted by Crippen LogP contribution is 2.23. The van der Waals surface area contributed by atoms with Gasteiger partial charge in [-0.05, 0) is 74.4 Å². The van der Waals surface area contributed by atoms with Crippen LogP contribution in [0.5, 0.6) is 5.75 Å². The number of hydrogen-bond acceptors (Lipinski definition) is 6. The molecule has 3 aromatic carbocycles. The van der Waals surface area contributed by atoms with Gasteiger partial charge in [0.25, 0.3) is 11.8 Å². The molecule has 3 amide bonds. The minimum Gasteiger partial charge on any atom is -0.490 e. The Morgan fingerprint density at radius 2 is 1.78 bits per heavy atom. The molecule has 4 aromatic rings. The van der Waals surface area contributed by atoms with Crippen LogP contribution in [0, 0.1) is 11.8 Å². The van der Waals surface area contributed by atoms with E-state index < -0.39 is 6.04 Å². The van der Waals surface area contributed by atoms with E-state index in [1.54, 1.807) is 42.5 Å². The first kappa shape index (κ1) is 32.3. The Kier molecular flexibility index (Phi) is 10.7. The lowest BCUT2D eigenvalue weighted by atomic mass is 10.0. The maximum absolute atomic E-state index is 13.5. The molecule has 0 unspecified atom stereocenters. The van der Waals surface area contributed by atoms with Gasteiger partial charge in [-0.25, -0.2) is 0 Å². The summed E-state index contributed by atoms with van der Waals surface area (Å²) in [7, 11) is 0. The number of rotatable bonds is 11. The molecule has 238 valence electrons. The molecule has 0 radical (unpaired) electrons. The Labute approximate surface area is 268 Å². The quantitative estimate of drug-likeness (QED) is 0.164. The monoisotopic (exact) mass is 621 g/mol. The second-order valence-electron chi connectivity index (χ2n) is 11.5. The second kappa shape index (κ2) is 15.3. The fourth-order valence-electron chi connectivity index (χ4n) is 5.29. The molecule has 0 bridgehead atoms. The predicted molar refractivity (Wildman–Crippen MR) is 177 cm³/mol. The third-order valence-corrected chi connectivity index (χ3v) is 7.61. The summed E-state index contributed by atoms with van der Waals surface area (Å²) in [4.78, 5) is 42.8. The number of ether oxygens (including phenoxy) is 1. The van der Waals surface area contributed by atoms with E-state index in [4.69, 9.17) is 4.74 Å². The highest BCUT2D eigenvalue weighted by Gasteiger charge is 2.20. The summed E-state index contributed by atoms with van der Waals surface area (Å²) in [6.45, 7) is 6.34. The second-order valence-corrected chi connectivity index (χ2v) is 11.5. The fraction of sp³-hybridized carbons (Fsp3) is 0.306. The number of H-pyrrole nitrogens is 1. The van der Waals surface area contributed by atoms with E-state index in [0.717, 1.165) is 23.0 Å². The molecule has 1 aliphatic rings. The Hall–Kier alpha value is -5.11. The lowest BCUT2D eigenvalue weighted by molar-refractivity contribution is -0.124. The third kappa shape index (κ3) is 8.53. The number of hydrogen-bond donors (Lipinski definition) is 5. The maximum Gasteiger partial charge on any atom is 0.255 e. The summed E-state index contributed by atoms with van der Waals surface area (Å²) in [5.41, 5.74) is 4.18. The van der Waals surface area contributed by atoms with E-state index in [1.807, 2.05) is 49.2 Å². The van der Waals surface area contributed by atoms with E-state index in [2.05, 4.69) is 32.8 Å². The molecule has 0 saturated carbocycles. The number of amides is 3. The van der Waals surface area contributed by atoms with Crippen molar-refractivity contribution in [3.8, 4) is 17.6 Å². The summed E-state index contributed by atoms with van der Waals surface area (Å²) in [5, 5.41) is 19.8. The van der Waals surface area contributed by atoms with Gasteiger partial charge in [-0.1, -0.05) is 30.0 Å². The molecule has 1 saturated heterocycles. The number of nitrogens with one attached hydrogen (secondary N) is 4. The topological polar surface area (TPSA) is 136 Å². The molecule has 1 aliphatic heterocycles. The van der Waals surface area contributed by atoms with Crippen LogP contribution in [0.3, 0.4) is 0 Å². The first-order valence-electron chi connectivity index (χ1n) is 15.5. The van der Waals surface area contributed by atoms with Crippen LogP contribution in [0.25, 0.3) is 10.9 Å². The van der Waals surface area contributed by atoms with Crippen LogP contribution >= 0.6 is 0 Å². The van der Waals surface area contributed by atoms with Crippen molar-refractivity contribution >= 4 is 28.6 Å². The Bertz CT molecular complexity index is 1750. The largest absolute Gasteiger partial charge is 0.490 e. The minimum atomic E-state index is -0.504. The first-order valence-corrected chi connectivity index (χ1v) is 15.5. The SMILES string of the molecule is CC(C)Oc1ccc(C#Cc2ccc(C(=O)NCCN3CCNC(=O)C3)cc2)cc1C(=O)N[C@@H](CO)Cc1c[nH]c2ccccc12. The molecule has 0 aliphatic carbocycles. The number of fused-ring (bicyclic) bond motifs is 1. The van der Waals surface area contributed by atoms with Crippen molar-refractivity contribution in [3.05, 3.63) is 101 Å². The Morgan fingerprint density at radius 1 is 1.02 bits per heavy atom. The zero-order valence-electron chi connectivity index (χ0n) is 26.1. The van der Waals surface area contributed by atoms with E-state index in [0.29, 0.717) is 60.6 Å². The van der Waals surface area contributed by atoms with Gasteiger partial charge in [0, 0.05) is 60.0 Å². The van der Waals surface area contributed by atoms with Crippen molar-refractivity contribution in [1.82, 2.24) is 25.8 Å². The van der Waals surface area contributed by atoms with Crippen molar-refractivity contribution in [1.29, 1.82) is 0 Å². The maximum atomic E-state index is 13.5. The molecule has 5 rings (SSSR count). The molecule has 10 nitrogen and oxygen atoms in total. The number of piperazine rings is 1. The number of aliphatic hydroxyl groups is 1. The number of carbonyl (C=O) groups is 3. The number of aromatic amines is 1. The van der Waals surface area contributed by atoms with Crippen LogP contribution in [-0.4, -0.2) is 84.2 Å². The van der Waals surface area contributed by atoms with Gasteiger partial charge in [0.15, 0.2) is 0 Å². The molecule has 1 atom stereocenters. The van der Waals surface area contributed by atoms with Crippen LogP contribution in [0.2, 0.25) is 0 Å². The van der Waals surface area contributed by atoms with E-state index in [9.17, 15) is 19.5 Å². The molecule has 2 heterocycles. The molecule has 5 N–H and O–H groups in total. The molecule has 10 heteroatoms. The highest BCUT2D eigenvalue weighted by molar-refractivity contribution is 5.97. The average molecular weight is 622 g/mol. The molecular formula is C36H39N5O5. The zero-order valence-corrected chi connectivity index (χ0v) is 26.1. The summed E-state index contributed by atoms with van der Waals surface area (Å²) in [6, 6.07) is 19.6. The minimum absolute atomic E-state index is 0.00120. The van der Waals surface area contributed by atoms with Crippen LogP contribution < -0.4 is 20.7 Å². The third-order valence-electron chi connectivity index (χ3n) is 7.61. The predicted octanol–water partition coefficient (Wildman–Crippen LogP) is 2.85. The Morgan fingerprint density at radius 3 is 2.54 bits per heavy atom. The fourth-order valence-corrected chi connectivity index (χ4v) is 5.29. The normalized spacial score (nSPS) is 13.9. The van der Waals surface area contributed by atoms with Crippen molar-refractivity contribution in [2.45, 2.75) is 32.4 Å². The molecular weight excluding hydrogens is 582 g/mol. The number of para-hydroxylation sites is 1. The standard InChI is InChI=1S/C36H39N5O5/c1-24(2)46-33-14-11-26(19-31(33)36(45)40-29(23-42)20-28-21-39-32-6-4-3-5-30(28)32)8-7-25-9-12-27(13-10-25)35(44)38-16-18-41-17-15-37-34(43)22-41/h3-6,9-14,19,21,24,29,39,42H,15-18,20,22-23H2,1-2H3,(H,37,43)(H,38,44)(H,40,45)/t29-/m1/s1. The summed E-state index contributed by atoms with van der Waals surface area (Å²) in [6.07, 6.45) is 2.21. The van der Waals surface area contributed by atoms with Crippen molar-refractivity contribution in [3.63, 3.8) is 0 Å². The van der Waals surface area contributed by atoms with Gasteiger partial charge in [-0.15, -0.1) is 0 Å².